The summed E-state index contributed by atoms with van der Waals surface area (Å²) in [4.78, 5) is 5.63. The Labute approximate surface area is 86.8 Å². The van der Waals surface area contributed by atoms with Gasteiger partial charge in [-0.25, -0.2) is 4.98 Å². The molecule has 1 N–H and O–H groups in total. The van der Waals surface area contributed by atoms with Crippen molar-refractivity contribution in [2.75, 3.05) is 7.05 Å². The Balaban J connectivity index is 2.03. The second-order valence-corrected chi connectivity index (χ2v) is 4.05. The standard InChI is InChI=1S/C10H12N2OS/c1-11-6-8-7-13-10(12-8)5-9-3-2-4-14-9/h2-4,7,11H,5-6H2,1H3. The molecule has 4 heteroatoms. The van der Waals surface area contributed by atoms with E-state index in [1.807, 2.05) is 13.1 Å². The van der Waals surface area contributed by atoms with Crippen LogP contribution in [0.1, 0.15) is 16.5 Å². The molecule has 0 radical (unpaired) electrons. The third-order valence-corrected chi connectivity index (χ3v) is 2.74. The van der Waals surface area contributed by atoms with Crippen LogP contribution in [-0.2, 0) is 13.0 Å². The van der Waals surface area contributed by atoms with Crippen LogP contribution in [0.4, 0.5) is 0 Å². The summed E-state index contributed by atoms with van der Waals surface area (Å²) in [6, 6.07) is 4.13. The van der Waals surface area contributed by atoms with Gasteiger partial charge in [0.25, 0.3) is 0 Å². The zero-order valence-corrected chi connectivity index (χ0v) is 8.80. The lowest BCUT2D eigenvalue weighted by molar-refractivity contribution is 0.507. The molecule has 2 rings (SSSR count). The fraction of sp³-hybridized carbons (Fsp3) is 0.300. The first-order valence-electron chi connectivity index (χ1n) is 4.49. The highest BCUT2D eigenvalue weighted by atomic mass is 32.1. The van der Waals surface area contributed by atoms with Crippen molar-refractivity contribution in [2.24, 2.45) is 0 Å². The van der Waals surface area contributed by atoms with Crippen LogP contribution in [0.2, 0.25) is 0 Å². The van der Waals surface area contributed by atoms with Crippen LogP contribution in [0.5, 0.6) is 0 Å². The molecule has 0 saturated heterocycles. The van der Waals surface area contributed by atoms with Gasteiger partial charge in [-0.3, -0.25) is 0 Å². The number of aromatic nitrogens is 1. The lowest BCUT2D eigenvalue weighted by atomic mass is 10.3. The fourth-order valence-electron chi connectivity index (χ4n) is 1.25. The van der Waals surface area contributed by atoms with Crippen LogP contribution in [0.3, 0.4) is 0 Å². The number of hydrogen-bond donors (Lipinski definition) is 1. The molecule has 0 fully saturated rings. The Morgan fingerprint density at radius 1 is 1.57 bits per heavy atom. The van der Waals surface area contributed by atoms with Crippen molar-refractivity contribution in [3.8, 4) is 0 Å². The summed E-state index contributed by atoms with van der Waals surface area (Å²) in [5.41, 5.74) is 0.957. The Hall–Kier alpha value is -1.13. The quantitative estimate of drug-likeness (QED) is 0.835. The summed E-state index contributed by atoms with van der Waals surface area (Å²) in [6.07, 6.45) is 2.50. The summed E-state index contributed by atoms with van der Waals surface area (Å²) in [7, 11) is 1.90. The molecule has 2 heterocycles. The van der Waals surface area contributed by atoms with Crippen LogP contribution >= 0.6 is 11.3 Å². The minimum atomic E-state index is 0.758. The highest BCUT2D eigenvalue weighted by Gasteiger charge is 2.04. The predicted molar refractivity (Wildman–Crippen MR) is 56.4 cm³/mol. The lowest BCUT2D eigenvalue weighted by Crippen LogP contribution is -2.05. The molecule has 0 saturated carbocycles. The van der Waals surface area contributed by atoms with Crippen LogP contribution < -0.4 is 5.32 Å². The van der Waals surface area contributed by atoms with Crippen LogP contribution in [0, 0.1) is 0 Å². The number of hydrogen-bond acceptors (Lipinski definition) is 4. The van der Waals surface area contributed by atoms with Crippen molar-refractivity contribution in [3.05, 3.63) is 40.2 Å². The maximum Gasteiger partial charge on any atom is 0.199 e. The van der Waals surface area contributed by atoms with Crippen molar-refractivity contribution in [2.45, 2.75) is 13.0 Å². The zero-order valence-electron chi connectivity index (χ0n) is 7.99. The van der Waals surface area contributed by atoms with E-state index in [-0.39, 0.29) is 0 Å². The summed E-state index contributed by atoms with van der Waals surface area (Å²) in [5.74, 6) is 0.790. The van der Waals surface area contributed by atoms with Gasteiger partial charge in [0.2, 0.25) is 0 Å². The first-order valence-corrected chi connectivity index (χ1v) is 5.36. The molecule has 74 valence electrons. The van der Waals surface area contributed by atoms with Gasteiger partial charge < -0.3 is 9.73 Å². The topological polar surface area (TPSA) is 38.1 Å². The molecular weight excluding hydrogens is 196 g/mol. The highest BCUT2D eigenvalue weighted by Crippen LogP contribution is 2.14. The molecule has 2 aromatic rings. The number of nitrogens with one attached hydrogen (secondary N) is 1. The molecule has 0 amide bonds. The summed E-state index contributed by atoms with van der Waals surface area (Å²) < 4.78 is 5.35. The minimum Gasteiger partial charge on any atom is -0.448 e. The van der Waals surface area contributed by atoms with Gasteiger partial charge in [-0.15, -0.1) is 11.3 Å². The molecule has 0 spiro atoms. The van der Waals surface area contributed by atoms with E-state index in [9.17, 15) is 0 Å². The molecule has 14 heavy (non-hydrogen) atoms. The normalized spacial score (nSPS) is 10.6. The summed E-state index contributed by atoms with van der Waals surface area (Å²) in [6.45, 7) is 0.758. The minimum absolute atomic E-state index is 0.758. The van der Waals surface area contributed by atoms with E-state index >= 15 is 0 Å². The maximum absolute atomic E-state index is 5.35. The van der Waals surface area contributed by atoms with Gasteiger partial charge in [-0.05, 0) is 18.5 Å². The van der Waals surface area contributed by atoms with Crippen LogP contribution in [0.25, 0.3) is 0 Å². The van der Waals surface area contributed by atoms with E-state index < -0.39 is 0 Å². The Kier molecular flexibility index (Phi) is 2.96. The summed E-state index contributed by atoms with van der Waals surface area (Å²) in [5, 5.41) is 5.10. The van der Waals surface area contributed by atoms with Crippen LogP contribution in [0.15, 0.2) is 28.2 Å². The van der Waals surface area contributed by atoms with Gasteiger partial charge in [0.15, 0.2) is 5.89 Å². The molecule has 0 bridgehead atoms. The van der Waals surface area contributed by atoms with Gasteiger partial charge >= 0.3 is 0 Å². The average Bonchev–Trinajstić information content (AvgIpc) is 2.79. The molecule has 0 unspecified atom stereocenters. The van der Waals surface area contributed by atoms with E-state index in [0.29, 0.717) is 0 Å². The van der Waals surface area contributed by atoms with E-state index in [1.54, 1.807) is 17.6 Å². The Bertz CT molecular complexity index is 380. The molecule has 0 aliphatic carbocycles. The van der Waals surface area contributed by atoms with Crippen molar-refractivity contribution in [1.29, 1.82) is 0 Å². The van der Waals surface area contributed by atoms with E-state index in [1.165, 1.54) is 4.88 Å². The Morgan fingerprint density at radius 3 is 3.21 bits per heavy atom. The first kappa shape index (κ1) is 9.43. The number of thiophene rings is 1. The summed E-state index contributed by atoms with van der Waals surface area (Å²) >= 11 is 1.72. The molecule has 0 aromatic carbocycles. The number of oxazole rings is 1. The van der Waals surface area contributed by atoms with Gasteiger partial charge in [-0.1, -0.05) is 6.07 Å². The van der Waals surface area contributed by atoms with E-state index in [0.717, 1.165) is 24.6 Å². The SMILES string of the molecule is CNCc1coc(Cc2cccs2)n1. The first-order chi connectivity index (χ1) is 6.88. The van der Waals surface area contributed by atoms with Crippen molar-refractivity contribution < 1.29 is 4.42 Å². The molecule has 2 aromatic heterocycles. The average molecular weight is 208 g/mol. The molecule has 0 aliphatic heterocycles. The highest BCUT2D eigenvalue weighted by molar-refractivity contribution is 7.09. The van der Waals surface area contributed by atoms with Gasteiger partial charge in [0.05, 0.1) is 12.1 Å². The second kappa shape index (κ2) is 4.39. The fourth-order valence-corrected chi connectivity index (χ4v) is 1.95. The monoisotopic (exact) mass is 208 g/mol. The molecule has 0 aliphatic rings. The smallest absolute Gasteiger partial charge is 0.199 e. The second-order valence-electron chi connectivity index (χ2n) is 3.02. The van der Waals surface area contributed by atoms with Gasteiger partial charge in [-0.2, -0.15) is 0 Å². The third kappa shape index (κ3) is 2.21. The van der Waals surface area contributed by atoms with Crippen LogP contribution in [-0.4, -0.2) is 12.0 Å². The van der Waals surface area contributed by atoms with Crippen molar-refractivity contribution >= 4 is 11.3 Å². The zero-order chi connectivity index (χ0) is 9.80. The molecular formula is C10H12N2OS. The van der Waals surface area contributed by atoms with Crippen molar-refractivity contribution in [1.82, 2.24) is 10.3 Å². The molecule has 0 atom stereocenters. The number of rotatable bonds is 4. The maximum atomic E-state index is 5.35. The lowest BCUT2D eigenvalue weighted by Gasteiger charge is -1.90. The largest absolute Gasteiger partial charge is 0.448 e. The van der Waals surface area contributed by atoms with Gasteiger partial charge in [0, 0.05) is 11.4 Å². The Morgan fingerprint density at radius 2 is 2.50 bits per heavy atom. The number of nitrogens with zero attached hydrogens (tertiary/aromatic N) is 1. The third-order valence-electron chi connectivity index (χ3n) is 1.86. The predicted octanol–water partition coefficient (Wildman–Crippen LogP) is 2.05. The van der Waals surface area contributed by atoms with Gasteiger partial charge in [0.1, 0.15) is 6.26 Å². The van der Waals surface area contributed by atoms with Crippen molar-refractivity contribution in [3.63, 3.8) is 0 Å². The van der Waals surface area contributed by atoms with E-state index in [2.05, 4.69) is 21.7 Å². The van der Waals surface area contributed by atoms with E-state index in [4.69, 9.17) is 4.42 Å². The molecule has 3 nitrogen and oxygen atoms in total.